The van der Waals surface area contributed by atoms with Crippen LogP contribution in [0.15, 0.2) is 66.4 Å². The highest BCUT2D eigenvalue weighted by Gasteiger charge is 2.18. The fraction of sp³-hybridized carbons (Fsp3) is 0.154. The topological polar surface area (TPSA) is 69.6 Å². The predicted molar refractivity (Wildman–Crippen MR) is 130 cm³/mol. The zero-order chi connectivity index (χ0) is 23.4. The van der Waals surface area contributed by atoms with Gasteiger partial charge in [0.1, 0.15) is 12.4 Å². The summed E-state index contributed by atoms with van der Waals surface area (Å²) in [5.74, 6) is 0.0208. The molecule has 6 nitrogen and oxygen atoms in total. The molecule has 0 saturated carbocycles. The Bertz CT molecular complexity index is 1260. The largest absolute Gasteiger partial charge is 0.488 e. The van der Waals surface area contributed by atoms with Crippen molar-refractivity contribution in [2.75, 3.05) is 18.5 Å². The lowest BCUT2D eigenvalue weighted by molar-refractivity contribution is -0.136. The summed E-state index contributed by atoms with van der Waals surface area (Å²) < 4.78 is 12.8. The van der Waals surface area contributed by atoms with Crippen LogP contribution in [0.4, 0.5) is 5.69 Å². The first-order chi connectivity index (χ1) is 15.9. The molecule has 0 unspecified atom stereocenters. The molecule has 0 atom stereocenters. The molecule has 1 N–H and O–H groups in total. The number of fused-ring (bicyclic) bond motifs is 1. The van der Waals surface area contributed by atoms with E-state index in [1.54, 1.807) is 61.5 Å². The molecule has 3 aromatic rings. The molecule has 0 aliphatic carbocycles. The van der Waals surface area contributed by atoms with Crippen LogP contribution in [0.25, 0.3) is 17.7 Å². The van der Waals surface area contributed by atoms with Gasteiger partial charge in [0.05, 0.1) is 17.8 Å². The SMILES string of the molecule is CCOC(=O)/C(=C\c1cccn1C)c1ccc(NC(=O)C2=Cc3cc(Cl)ccc3OC2)cc1. The van der Waals surface area contributed by atoms with E-state index in [1.807, 2.05) is 29.9 Å². The minimum atomic E-state index is -0.405. The van der Waals surface area contributed by atoms with Crippen molar-refractivity contribution >= 4 is 46.9 Å². The van der Waals surface area contributed by atoms with Crippen molar-refractivity contribution in [2.45, 2.75) is 6.92 Å². The molecule has 0 fully saturated rings. The molecule has 7 heteroatoms. The van der Waals surface area contributed by atoms with Gasteiger partial charge in [-0.3, -0.25) is 4.79 Å². The highest BCUT2D eigenvalue weighted by atomic mass is 35.5. The van der Waals surface area contributed by atoms with Crippen molar-refractivity contribution in [3.63, 3.8) is 0 Å². The van der Waals surface area contributed by atoms with E-state index in [0.717, 1.165) is 11.3 Å². The van der Waals surface area contributed by atoms with E-state index in [1.165, 1.54) is 0 Å². The molecule has 168 valence electrons. The number of aryl methyl sites for hydroxylation is 1. The number of aromatic nitrogens is 1. The molecule has 1 amide bonds. The Kier molecular flexibility index (Phi) is 6.66. The van der Waals surface area contributed by atoms with Crippen LogP contribution in [0.3, 0.4) is 0 Å². The standard InChI is InChI=1S/C26H23ClN2O4/c1-3-32-26(31)23(15-22-5-4-12-29(22)2)17-6-9-21(10-7-17)28-25(30)19-13-18-14-20(27)8-11-24(18)33-16-19/h4-15H,3,16H2,1-2H3,(H,28,30)/b23-15-. The molecule has 1 aromatic heterocycles. The van der Waals surface area contributed by atoms with Gasteiger partial charge in [-0.05, 0) is 67.1 Å². The Hall–Kier alpha value is -3.77. The van der Waals surface area contributed by atoms with Crippen LogP contribution in [0.1, 0.15) is 23.7 Å². The number of hydrogen-bond donors (Lipinski definition) is 1. The smallest absolute Gasteiger partial charge is 0.338 e. The van der Waals surface area contributed by atoms with E-state index >= 15 is 0 Å². The number of carbonyl (C=O) groups is 2. The fourth-order valence-electron chi connectivity index (χ4n) is 3.47. The molecule has 1 aliphatic rings. The number of rotatable bonds is 6. The zero-order valence-corrected chi connectivity index (χ0v) is 19.1. The maximum absolute atomic E-state index is 12.7. The number of benzene rings is 2. The van der Waals surface area contributed by atoms with E-state index in [2.05, 4.69) is 5.32 Å². The van der Waals surface area contributed by atoms with Crippen molar-refractivity contribution in [1.82, 2.24) is 4.57 Å². The molecule has 0 bridgehead atoms. The van der Waals surface area contributed by atoms with Crippen molar-refractivity contribution < 1.29 is 19.1 Å². The Morgan fingerprint density at radius 3 is 2.67 bits per heavy atom. The Morgan fingerprint density at radius 1 is 1.18 bits per heavy atom. The third-order valence-electron chi connectivity index (χ3n) is 5.20. The van der Waals surface area contributed by atoms with Crippen LogP contribution in [-0.4, -0.2) is 29.7 Å². The van der Waals surface area contributed by atoms with Crippen molar-refractivity contribution in [2.24, 2.45) is 7.05 Å². The zero-order valence-electron chi connectivity index (χ0n) is 18.3. The van der Waals surface area contributed by atoms with Crippen LogP contribution in [-0.2, 0) is 21.4 Å². The summed E-state index contributed by atoms with van der Waals surface area (Å²) in [6, 6.07) is 16.2. The van der Waals surface area contributed by atoms with Crippen molar-refractivity contribution in [1.29, 1.82) is 0 Å². The van der Waals surface area contributed by atoms with Gasteiger partial charge in [0.25, 0.3) is 5.91 Å². The lowest BCUT2D eigenvalue weighted by atomic mass is 10.0. The van der Waals surface area contributed by atoms with Crippen LogP contribution >= 0.6 is 11.6 Å². The maximum Gasteiger partial charge on any atom is 0.338 e. The number of carbonyl (C=O) groups excluding carboxylic acids is 2. The molecule has 2 aromatic carbocycles. The number of halogens is 1. The Balaban J connectivity index is 1.53. The lowest BCUT2D eigenvalue weighted by Crippen LogP contribution is -2.21. The van der Waals surface area contributed by atoms with Crippen molar-refractivity contribution in [3.05, 3.63) is 88.2 Å². The average molecular weight is 463 g/mol. The first-order valence-corrected chi connectivity index (χ1v) is 10.9. The van der Waals surface area contributed by atoms with Gasteiger partial charge < -0.3 is 19.4 Å². The van der Waals surface area contributed by atoms with E-state index in [0.29, 0.717) is 33.2 Å². The summed E-state index contributed by atoms with van der Waals surface area (Å²) >= 11 is 6.05. The van der Waals surface area contributed by atoms with Crippen LogP contribution in [0, 0.1) is 0 Å². The van der Waals surface area contributed by atoms with Crippen LogP contribution < -0.4 is 10.1 Å². The number of nitrogens with zero attached hydrogens (tertiary/aromatic N) is 1. The van der Waals surface area contributed by atoms with Gasteiger partial charge >= 0.3 is 5.97 Å². The number of esters is 1. The molecule has 1 aliphatic heterocycles. The molecule has 2 heterocycles. The quantitative estimate of drug-likeness (QED) is 0.404. The molecule has 4 rings (SSSR count). The van der Waals surface area contributed by atoms with E-state index in [9.17, 15) is 9.59 Å². The number of amides is 1. The second-order valence-corrected chi connectivity index (χ2v) is 7.93. The number of nitrogens with one attached hydrogen (secondary N) is 1. The highest BCUT2D eigenvalue weighted by Crippen LogP contribution is 2.29. The van der Waals surface area contributed by atoms with Gasteiger partial charge in [0, 0.05) is 35.2 Å². The lowest BCUT2D eigenvalue weighted by Gasteiger charge is -2.18. The number of ether oxygens (including phenoxy) is 2. The van der Waals surface area contributed by atoms with E-state index in [4.69, 9.17) is 21.1 Å². The minimum Gasteiger partial charge on any atom is -0.488 e. The minimum absolute atomic E-state index is 0.172. The molecular formula is C26H23ClN2O4. The van der Waals surface area contributed by atoms with Gasteiger partial charge in [0.15, 0.2) is 0 Å². The Labute approximate surface area is 197 Å². The summed E-state index contributed by atoms with van der Waals surface area (Å²) in [6.07, 6.45) is 5.47. The molecule has 33 heavy (non-hydrogen) atoms. The highest BCUT2D eigenvalue weighted by molar-refractivity contribution is 6.30. The molecule has 0 saturated heterocycles. The van der Waals surface area contributed by atoms with Gasteiger partial charge in [-0.2, -0.15) is 0 Å². The molecule has 0 radical (unpaired) electrons. The van der Waals surface area contributed by atoms with Crippen LogP contribution in [0.2, 0.25) is 5.02 Å². The summed E-state index contributed by atoms with van der Waals surface area (Å²) in [7, 11) is 1.91. The maximum atomic E-state index is 12.7. The number of hydrogen-bond acceptors (Lipinski definition) is 4. The van der Waals surface area contributed by atoms with Crippen LogP contribution in [0.5, 0.6) is 5.75 Å². The van der Waals surface area contributed by atoms with Crippen molar-refractivity contribution in [3.8, 4) is 5.75 Å². The molecular weight excluding hydrogens is 440 g/mol. The average Bonchev–Trinajstić information content (AvgIpc) is 3.22. The van der Waals surface area contributed by atoms with Gasteiger partial charge in [-0.1, -0.05) is 23.7 Å². The second-order valence-electron chi connectivity index (χ2n) is 7.49. The molecule has 0 spiro atoms. The fourth-order valence-corrected chi connectivity index (χ4v) is 3.65. The van der Waals surface area contributed by atoms with Gasteiger partial charge in [0.2, 0.25) is 0 Å². The third kappa shape index (κ3) is 5.18. The normalized spacial score (nSPS) is 12.9. The van der Waals surface area contributed by atoms with Gasteiger partial charge in [-0.25, -0.2) is 4.79 Å². The summed E-state index contributed by atoms with van der Waals surface area (Å²) in [6.45, 7) is 2.22. The first kappa shape index (κ1) is 22.4. The van der Waals surface area contributed by atoms with Gasteiger partial charge in [-0.15, -0.1) is 0 Å². The third-order valence-corrected chi connectivity index (χ3v) is 5.44. The summed E-state index contributed by atoms with van der Waals surface area (Å²) in [5.41, 5.74) is 3.86. The van der Waals surface area contributed by atoms with E-state index < -0.39 is 5.97 Å². The second kappa shape index (κ2) is 9.79. The predicted octanol–water partition coefficient (Wildman–Crippen LogP) is 5.20. The first-order valence-electron chi connectivity index (χ1n) is 10.5. The Morgan fingerprint density at radius 2 is 1.97 bits per heavy atom. The number of anilines is 1. The van der Waals surface area contributed by atoms with E-state index in [-0.39, 0.29) is 19.1 Å². The summed E-state index contributed by atoms with van der Waals surface area (Å²) in [4.78, 5) is 25.3. The monoisotopic (exact) mass is 462 g/mol. The summed E-state index contributed by atoms with van der Waals surface area (Å²) in [5, 5.41) is 3.45.